The Balaban J connectivity index is 1.70. The van der Waals surface area contributed by atoms with E-state index in [4.69, 9.17) is 4.74 Å². The number of likely N-dealkylation sites (tertiary alicyclic amines) is 1. The highest BCUT2D eigenvalue weighted by atomic mass is 16.6. The van der Waals surface area contributed by atoms with Gasteiger partial charge in [0.2, 0.25) is 5.91 Å². The van der Waals surface area contributed by atoms with Gasteiger partial charge in [0.05, 0.1) is 10.6 Å². The molecule has 2 amide bonds. The van der Waals surface area contributed by atoms with Crippen LogP contribution in [0.5, 0.6) is 0 Å². The molecule has 30 heavy (non-hydrogen) atoms. The number of nitro benzene ring substituents is 1. The average molecular weight is 421 g/mol. The van der Waals surface area contributed by atoms with Crippen molar-refractivity contribution in [3.05, 3.63) is 33.9 Å². The number of nitrogens with one attached hydrogen (secondary N) is 2. The molecular weight excluding hydrogens is 388 g/mol. The minimum absolute atomic E-state index is 0.0436. The number of carbonyl (C=O) groups excluding carboxylic acids is 2. The summed E-state index contributed by atoms with van der Waals surface area (Å²) < 4.78 is 5.25. The van der Waals surface area contributed by atoms with E-state index >= 15 is 0 Å². The van der Waals surface area contributed by atoms with Crippen LogP contribution in [-0.4, -0.2) is 53.6 Å². The van der Waals surface area contributed by atoms with Crippen molar-refractivity contribution in [2.75, 3.05) is 31.5 Å². The lowest BCUT2D eigenvalue weighted by Crippen LogP contribution is -2.41. The summed E-state index contributed by atoms with van der Waals surface area (Å²) in [6.45, 7) is 10.3. The highest BCUT2D eigenvalue weighted by Gasteiger charge is 2.22. The van der Waals surface area contributed by atoms with E-state index in [2.05, 4.69) is 15.5 Å². The zero-order valence-corrected chi connectivity index (χ0v) is 18.2. The Hall–Kier alpha value is -2.68. The number of non-ortho nitro benzene ring substituents is 1. The van der Waals surface area contributed by atoms with E-state index < -0.39 is 16.6 Å². The molecule has 0 bridgehead atoms. The minimum atomic E-state index is -0.503. The summed E-state index contributed by atoms with van der Waals surface area (Å²) in [5.74, 6) is 0.238. The molecule has 0 spiro atoms. The van der Waals surface area contributed by atoms with Crippen LogP contribution in [0.15, 0.2) is 18.2 Å². The van der Waals surface area contributed by atoms with Crippen LogP contribution >= 0.6 is 0 Å². The Bertz CT molecular complexity index is 767. The topological polar surface area (TPSA) is 114 Å². The molecule has 0 saturated carbocycles. The number of rotatable bonds is 7. The van der Waals surface area contributed by atoms with Crippen molar-refractivity contribution in [3.8, 4) is 0 Å². The Morgan fingerprint density at radius 3 is 2.53 bits per heavy atom. The highest BCUT2D eigenvalue weighted by molar-refractivity contribution is 5.92. The molecule has 1 aliphatic heterocycles. The molecule has 166 valence electrons. The van der Waals surface area contributed by atoms with Gasteiger partial charge in [-0.25, -0.2) is 4.79 Å². The molecule has 2 N–H and O–H groups in total. The van der Waals surface area contributed by atoms with Gasteiger partial charge in [0.1, 0.15) is 5.60 Å². The Kier molecular flexibility index (Phi) is 8.16. The van der Waals surface area contributed by atoms with Gasteiger partial charge in [-0.15, -0.1) is 0 Å². The fourth-order valence-electron chi connectivity index (χ4n) is 3.29. The quantitative estimate of drug-likeness (QED) is 0.516. The van der Waals surface area contributed by atoms with E-state index in [9.17, 15) is 19.7 Å². The lowest BCUT2D eigenvalue weighted by atomic mass is 9.97. The van der Waals surface area contributed by atoms with Gasteiger partial charge in [0.15, 0.2) is 0 Å². The summed E-state index contributed by atoms with van der Waals surface area (Å²) >= 11 is 0. The number of alkyl carbamates (subject to hydrolysis) is 1. The molecule has 1 heterocycles. The van der Waals surface area contributed by atoms with E-state index in [1.807, 2.05) is 20.8 Å². The zero-order chi connectivity index (χ0) is 22.3. The summed E-state index contributed by atoms with van der Waals surface area (Å²) in [5.41, 5.74) is 0.711. The molecule has 1 saturated heterocycles. The third-order valence-electron chi connectivity index (χ3n) is 5.00. The molecule has 0 unspecified atom stereocenters. The smallest absolute Gasteiger partial charge is 0.407 e. The number of carbonyl (C=O) groups is 2. The van der Waals surface area contributed by atoms with Crippen LogP contribution in [0.1, 0.15) is 45.6 Å². The van der Waals surface area contributed by atoms with Crippen LogP contribution in [0.25, 0.3) is 0 Å². The number of ether oxygens (including phenoxy) is 1. The number of nitrogens with zero attached hydrogens (tertiary/aromatic N) is 2. The standard InChI is InChI=1S/C21H32N4O5/c1-15-5-6-17(25(28)29)13-18(15)23-19(26)9-12-24-10-7-16(8-11-24)14-22-20(27)30-21(2,3)4/h5-6,13,16H,7-12,14H2,1-4H3,(H,22,27)(H,23,26). The Labute approximate surface area is 177 Å². The van der Waals surface area contributed by atoms with Gasteiger partial charge in [-0.2, -0.15) is 0 Å². The lowest BCUT2D eigenvalue weighted by molar-refractivity contribution is -0.384. The van der Waals surface area contributed by atoms with Crippen LogP contribution in [-0.2, 0) is 9.53 Å². The Morgan fingerprint density at radius 1 is 1.27 bits per heavy atom. The van der Waals surface area contributed by atoms with Gasteiger partial charge >= 0.3 is 6.09 Å². The van der Waals surface area contributed by atoms with E-state index in [0.29, 0.717) is 31.1 Å². The minimum Gasteiger partial charge on any atom is -0.444 e. The maximum atomic E-state index is 12.3. The van der Waals surface area contributed by atoms with Crippen LogP contribution in [0, 0.1) is 23.0 Å². The summed E-state index contributed by atoms with van der Waals surface area (Å²) in [5, 5.41) is 16.5. The fourth-order valence-corrected chi connectivity index (χ4v) is 3.29. The van der Waals surface area contributed by atoms with Crippen LogP contribution in [0.3, 0.4) is 0 Å². The normalized spacial score (nSPS) is 15.5. The molecule has 1 aromatic rings. The average Bonchev–Trinajstić information content (AvgIpc) is 2.65. The second-order valence-corrected chi connectivity index (χ2v) is 8.72. The van der Waals surface area contributed by atoms with Crippen molar-refractivity contribution in [3.63, 3.8) is 0 Å². The molecule has 1 aliphatic rings. The first-order chi connectivity index (χ1) is 14.0. The van der Waals surface area contributed by atoms with Crippen LogP contribution < -0.4 is 10.6 Å². The monoisotopic (exact) mass is 420 g/mol. The number of hydrogen-bond donors (Lipinski definition) is 2. The van der Waals surface area contributed by atoms with Gasteiger partial charge in [0.25, 0.3) is 5.69 Å². The first-order valence-electron chi connectivity index (χ1n) is 10.3. The number of amides is 2. The molecule has 2 rings (SSSR count). The molecular formula is C21H32N4O5. The largest absolute Gasteiger partial charge is 0.444 e. The number of benzene rings is 1. The second-order valence-electron chi connectivity index (χ2n) is 8.72. The van der Waals surface area contributed by atoms with Crippen molar-refractivity contribution in [1.82, 2.24) is 10.2 Å². The van der Waals surface area contributed by atoms with E-state index in [-0.39, 0.29) is 11.6 Å². The number of aryl methyl sites for hydroxylation is 1. The van der Waals surface area contributed by atoms with E-state index in [1.54, 1.807) is 13.0 Å². The van der Waals surface area contributed by atoms with Crippen molar-refractivity contribution < 1.29 is 19.2 Å². The molecule has 0 aliphatic carbocycles. The molecule has 9 nitrogen and oxygen atoms in total. The number of nitro groups is 1. The van der Waals surface area contributed by atoms with Gasteiger partial charge in [0, 0.05) is 31.6 Å². The van der Waals surface area contributed by atoms with Gasteiger partial charge in [-0.05, 0) is 65.1 Å². The fraction of sp³-hybridized carbons (Fsp3) is 0.619. The third kappa shape index (κ3) is 7.98. The summed E-state index contributed by atoms with van der Waals surface area (Å²) in [6.07, 6.45) is 1.82. The van der Waals surface area contributed by atoms with Gasteiger partial charge in [-0.1, -0.05) is 6.07 Å². The summed E-state index contributed by atoms with van der Waals surface area (Å²) in [6, 6.07) is 4.44. The van der Waals surface area contributed by atoms with Crippen LogP contribution in [0.4, 0.5) is 16.2 Å². The van der Waals surface area contributed by atoms with Gasteiger partial charge < -0.3 is 20.3 Å². The SMILES string of the molecule is Cc1ccc([N+](=O)[O-])cc1NC(=O)CCN1CCC(CNC(=O)OC(C)(C)C)CC1. The first kappa shape index (κ1) is 23.6. The molecule has 9 heteroatoms. The zero-order valence-electron chi connectivity index (χ0n) is 18.2. The predicted octanol–water partition coefficient (Wildman–Crippen LogP) is 3.47. The number of hydrogen-bond acceptors (Lipinski definition) is 6. The third-order valence-corrected chi connectivity index (χ3v) is 5.00. The second kappa shape index (κ2) is 10.4. The number of piperidine rings is 1. The number of anilines is 1. The van der Waals surface area contributed by atoms with E-state index in [1.165, 1.54) is 12.1 Å². The lowest BCUT2D eigenvalue weighted by Gasteiger charge is -2.32. The molecule has 0 radical (unpaired) electrons. The van der Waals surface area contributed by atoms with E-state index in [0.717, 1.165) is 31.5 Å². The van der Waals surface area contributed by atoms with Crippen molar-refractivity contribution >= 4 is 23.4 Å². The Morgan fingerprint density at radius 2 is 1.93 bits per heavy atom. The maximum absolute atomic E-state index is 12.3. The summed E-state index contributed by atoms with van der Waals surface area (Å²) in [7, 11) is 0. The van der Waals surface area contributed by atoms with Crippen LogP contribution in [0.2, 0.25) is 0 Å². The molecule has 0 atom stereocenters. The van der Waals surface area contributed by atoms with Crippen molar-refractivity contribution in [1.29, 1.82) is 0 Å². The predicted molar refractivity (Wildman–Crippen MR) is 114 cm³/mol. The van der Waals surface area contributed by atoms with Gasteiger partial charge in [-0.3, -0.25) is 14.9 Å². The van der Waals surface area contributed by atoms with Crippen molar-refractivity contribution in [2.45, 2.75) is 52.6 Å². The van der Waals surface area contributed by atoms with Crippen molar-refractivity contribution in [2.24, 2.45) is 5.92 Å². The molecule has 0 aromatic heterocycles. The molecule has 1 aromatic carbocycles. The maximum Gasteiger partial charge on any atom is 0.407 e. The molecule has 1 fully saturated rings. The first-order valence-corrected chi connectivity index (χ1v) is 10.3. The summed E-state index contributed by atoms with van der Waals surface area (Å²) in [4.78, 5) is 36.7. The highest BCUT2D eigenvalue weighted by Crippen LogP contribution is 2.22.